The predicted molar refractivity (Wildman–Crippen MR) is 67.8 cm³/mol. The van der Waals surface area contributed by atoms with Crippen LogP contribution in [0.5, 0.6) is 5.75 Å². The number of nitrogens with zero attached hydrogens (tertiary/aromatic N) is 1. The molecule has 0 atom stereocenters. The van der Waals surface area contributed by atoms with Gasteiger partial charge in [0.1, 0.15) is 0 Å². The van der Waals surface area contributed by atoms with E-state index in [1.807, 2.05) is 13.0 Å². The van der Waals surface area contributed by atoms with Crippen LogP contribution in [0.25, 0.3) is 0 Å². The minimum Gasteiger partial charge on any atom is -0.493 e. The Kier molecular flexibility index (Phi) is 3.43. The number of hydrogen-bond donors (Lipinski definition) is 2. The van der Waals surface area contributed by atoms with Gasteiger partial charge in [-0.05, 0) is 13.0 Å². The first-order valence-electron chi connectivity index (χ1n) is 5.10. The zero-order valence-electron chi connectivity index (χ0n) is 9.61. The van der Waals surface area contributed by atoms with E-state index in [0.717, 1.165) is 28.4 Å². The lowest BCUT2D eigenvalue weighted by molar-refractivity contribution is 0.414. The maximum absolute atomic E-state index is 11.0. The van der Waals surface area contributed by atoms with Crippen molar-refractivity contribution in [2.24, 2.45) is 0 Å². The summed E-state index contributed by atoms with van der Waals surface area (Å²) in [5, 5.41) is 5.01. The van der Waals surface area contributed by atoms with Gasteiger partial charge in [-0.1, -0.05) is 11.3 Å². The van der Waals surface area contributed by atoms with Crippen molar-refractivity contribution in [3.8, 4) is 5.75 Å². The number of rotatable bonds is 4. The topological polar surface area (TPSA) is 67.0 Å². The molecule has 2 N–H and O–H groups in total. The lowest BCUT2D eigenvalue weighted by Crippen LogP contribution is -2.04. The molecule has 0 aromatic carbocycles. The Morgan fingerprint density at radius 2 is 2.41 bits per heavy atom. The molecule has 0 aliphatic heterocycles. The van der Waals surface area contributed by atoms with Crippen LogP contribution in [0.1, 0.15) is 11.4 Å². The van der Waals surface area contributed by atoms with Gasteiger partial charge in [0.15, 0.2) is 5.75 Å². The number of nitrogens with one attached hydrogen (secondary N) is 2. The highest BCUT2D eigenvalue weighted by Crippen LogP contribution is 2.23. The maximum Gasteiger partial charge on any atom is 0.304 e. The van der Waals surface area contributed by atoms with Gasteiger partial charge >= 0.3 is 4.87 Å². The van der Waals surface area contributed by atoms with Crippen molar-refractivity contribution in [1.82, 2.24) is 9.97 Å². The maximum atomic E-state index is 11.0. The smallest absolute Gasteiger partial charge is 0.304 e. The number of aromatic amines is 1. The fourth-order valence-electron chi connectivity index (χ4n) is 1.44. The van der Waals surface area contributed by atoms with Gasteiger partial charge in [-0.2, -0.15) is 0 Å². The minimum absolute atomic E-state index is 0.0420. The number of H-pyrrole nitrogens is 1. The van der Waals surface area contributed by atoms with E-state index in [9.17, 15) is 4.79 Å². The van der Waals surface area contributed by atoms with Crippen LogP contribution in [0.2, 0.25) is 0 Å². The second-order valence-electron chi connectivity index (χ2n) is 3.55. The summed E-state index contributed by atoms with van der Waals surface area (Å²) < 4.78 is 5.20. The molecule has 90 valence electrons. The molecule has 0 fully saturated rings. The third-order valence-corrected chi connectivity index (χ3v) is 2.98. The van der Waals surface area contributed by atoms with Crippen LogP contribution in [0.3, 0.4) is 0 Å². The molecular weight excluding hydrogens is 238 g/mol. The first-order valence-corrected chi connectivity index (χ1v) is 5.98. The molecular formula is C11H13N3O2S. The molecule has 5 nitrogen and oxygen atoms in total. The van der Waals surface area contributed by atoms with Crippen LogP contribution in [0.15, 0.2) is 22.4 Å². The Labute approximate surface area is 102 Å². The summed E-state index contributed by atoms with van der Waals surface area (Å²) in [6.07, 6.45) is 1.67. The van der Waals surface area contributed by atoms with E-state index in [1.165, 1.54) is 0 Å². The molecule has 17 heavy (non-hydrogen) atoms. The Hall–Kier alpha value is -1.82. The highest BCUT2D eigenvalue weighted by Gasteiger charge is 2.04. The third kappa shape index (κ3) is 2.85. The van der Waals surface area contributed by atoms with Crippen LogP contribution in [-0.4, -0.2) is 17.1 Å². The molecule has 2 aromatic heterocycles. The first-order chi connectivity index (χ1) is 8.19. The van der Waals surface area contributed by atoms with Gasteiger partial charge in [0.05, 0.1) is 25.5 Å². The molecule has 0 aliphatic carbocycles. The molecule has 2 rings (SSSR count). The van der Waals surface area contributed by atoms with E-state index in [2.05, 4.69) is 15.3 Å². The number of anilines is 1. The molecule has 0 saturated heterocycles. The highest BCUT2D eigenvalue weighted by atomic mass is 32.1. The third-order valence-electron chi connectivity index (χ3n) is 2.26. The second kappa shape index (κ2) is 5.01. The van der Waals surface area contributed by atoms with Crippen LogP contribution in [0.4, 0.5) is 5.69 Å². The molecule has 0 saturated carbocycles. The van der Waals surface area contributed by atoms with Crippen LogP contribution in [-0.2, 0) is 6.54 Å². The summed E-state index contributed by atoms with van der Waals surface area (Å²) in [5.74, 6) is 0.688. The van der Waals surface area contributed by atoms with Crippen molar-refractivity contribution >= 4 is 17.0 Å². The molecule has 0 spiro atoms. The predicted octanol–water partition coefficient (Wildman–Crippen LogP) is 1.76. The summed E-state index contributed by atoms with van der Waals surface area (Å²) in [5.41, 5.74) is 2.63. The van der Waals surface area contributed by atoms with Crippen molar-refractivity contribution in [2.45, 2.75) is 13.5 Å². The van der Waals surface area contributed by atoms with E-state index in [0.29, 0.717) is 12.3 Å². The Morgan fingerprint density at radius 1 is 1.59 bits per heavy atom. The summed E-state index contributed by atoms with van der Waals surface area (Å²) in [7, 11) is 1.60. The summed E-state index contributed by atoms with van der Waals surface area (Å²) in [6, 6.07) is 1.91. The second-order valence-corrected chi connectivity index (χ2v) is 4.40. The van der Waals surface area contributed by atoms with E-state index < -0.39 is 0 Å². The van der Waals surface area contributed by atoms with E-state index in [-0.39, 0.29) is 4.87 Å². The van der Waals surface area contributed by atoms with Crippen LogP contribution in [0, 0.1) is 6.92 Å². The monoisotopic (exact) mass is 251 g/mol. The normalized spacial score (nSPS) is 10.2. The number of ether oxygens (including phenoxy) is 1. The van der Waals surface area contributed by atoms with Crippen molar-refractivity contribution in [3.63, 3.8) is 0 Å². The number of pyridine rings is 1. The van der Waals surface area contributed by atoms with Gasteiger partial charge < -0.3 is 15.0 Å². The van der Waals surface area contributed by atoms with Crippen molar-refractivity contribution in [1.29, 1.82) is 0 Å². The Morgan fingerprint density at radius 3 is 3.06 bits per heavy atom. The van der Waals surface area contributed by atoms with Gasteiger partial charge in [0.25, 0.3) is 0 Å². The fraction of sp³-hybridized carbons (Fsp3) is 0.273. The molecule has 0 radical (unpaired) electrons. The van der Waals surface area contributed by atoms with Crippen LogP contribution >= 0.6 is 11.3 Å². The van der Waals surface area contributed by atoms with Gasteiger partial charge in [-0.15, -0.1) is 0 Å². The van der Waals surface area contributed by atoms with Crippen molar-refractivity contribution < 1.29 is 4.74 Å². The summed E-state index contributed by atoms with van der Waals surface area (Å²) in [6.45, 7) is 2.47. The lowest BCUT2D eigenvalue weighted by Gasteiger charge is -2.10. The molecule has 2 aromatic rings. The van der Waals surface area contributed by atoms with Gasteiger partial charge in [0.2, 0.25) is 0 Å². The zero-order chi connectivity index (χ0) is 12.3. The van der Waals surface area contributed by atoms with Crippen molar-refractivity contribution in [3.05, 3.63) is 38.7 Å². The standard InChI is InChI=1S/C11H13N3O2S/c1-7-3-9(10(16-2)5-12-7)13-4-8-6-17-11(15)14-8/h3,5-6H,4H2,1-2H3,(H,12,13)(H,14,15). The number of aryl methyl sites for hydroxylation is 1. The van der Waals surface area contributed by atoms with Crippen LogP contribution < -0.4 is 14.9 Å². The number of thiazole rings is 1. The molecule has 0 aliphatic rings. The minimum atomic E-state index is -0.0420. The molecule has 6 heteroatoms. The molecule has 0 unspecified atom stereocenters. The van der Waals surface area contributed by atoms with Gasteiger partial charge in [0, 0.05) is 16.8 Å². The fourth-order valence-corrected chi connectivity index (χ4v) is 2.02. The van der Waals surface area contributed by atoms with E-state index >= 15 is 0 Å². The molecule has 2 heterocycles. The zero-order valence-corrected chi connectivity index (χ0v) is 10.4. The summed E-state index contributed by atoms with van der Waals surface area (Å²) in [4.78, 5) is 17.8. The Balaban J connectivity index is 2.12. The van der Waals surface area contributed by atoms with Gasteiger partial charge in [-0.25, -0.2) is 0 Å². The Bertz CT molecular complexity index is 562. The first kappa shape index (κ1) is 11.7. The van der Waals surface area contributed by atoms with Gasteiger partial charge in [-0.3, -0.25) is 9.78 Å². The molecule has 0 amide bonds. The number of methoxy groups -OCH3 is 1. The average Bonchev–Trinajstić information content (AvgIpc) is 2.73. The molecule has 0 bridgehead atoms. The summed E-state index contributed by atoms with van der Waals surface area (Å²) >= 11 is 1.16. The number of hydrogen-bond acceptors (Lipinski definition) is 5. The lowest BCUT2D eigenvalue weighted by atomic mass is 10.3. The average molecular weight is 251 g/mol. The largest absolute Gasteiger partial charge is 0.493 e. The quantitative estimate of drug-likeness (QED) is 0.869. The highest BCUT2D eigenvalue weighted by molar-refractivity contribution is 7.07. The number of aromatic nitrogens is 2. The van der Waals surface area contributed by atoms with Crippen molar-refractivity contribution in [2.75, 3.05) is 12.4 Å². The SMILES string of the molecule is COc1cnc(C)cc1NCc1csc(=O)[nH]1. The van der Waals surface area contributed by atoms with E-state index in [4.69, 9.17) is 4.74 Å². The van der Waals surface area contributed by atoms with E-state index in [1.54, 1.807) is 18.7 Å².